The zero-order chi connectivity index (χ0) is 13.1. The van der Waals surface area contributed by atoms with E-state index in [1.165, 1.54) is 17.2 Å². The standard InChI is InChI=1S/C15H13BrClF/c1-10-2-4-11(5-3-10)8-14(16)13-7-6-12(17)9-15(13)18/h2-7,9,14H,8H2,1H3. The van der Waals surface area contributed by atoms with Gasteiger partial charge in [-0.2, -0.15) is 0 Å². The lowest BCUT2D eigenvalue weighted by Gasteiger charge is -2.12. The summed E-state index contributed by atoms with van der Waals surface area (Å²) < 4.78 is 13.8. The number of rotatable bonds is 3. The fourth-order valence-electron chi connectivity index (χ4n) is 1.80. The summed E-state index contributed by atoms with van der Waals surface area (Å²) in [5.41, 5.74) is 3.04. The summed E-state index contributed by atoms with van der Waals surface area (Å²) in [5, 5.41) is 0.422. The fraction of sp³-hybridized carbons (Fsp3) is 0.200. The first-order valence-electron chi connectivity index (χ1n) is 5.71. The summed E-state index contributed by atoms with van der Waals surface area (Å²) in [7, 11) is 0. The monoisotopic (exact) mass is 326 g/mol. The lowest BCUT2D eigenvalue weighted by Crippen LogP contribution is -1.98. The SMILES string of the molecule is Cc1ccc(CC(Br)c2ccc(Cl)cc2F)cc1. The number of alkyl halides is 1. The number of hydrogen-bond acceptors (Lipinski definition) is 0. The van der Waals surface area contributed by atoms with Gasteiger partial charge in [-0.1, -0.05) is 63.4 Å². The minimum absolute atomic E-state index is 0.0440. The Morgan fingerprint density at radius 1 is 1.17 bits per heavy atom. The van der Waals surface area contributed by atoms with E-state index in [4.69, 9.17) is 11.6 Å². The van der Waals surface area contributed by atoms with E-state index in [1.54, 1.807) is 12.1 Å². The minimum atomic E-state index is -0.267. The zero-order valence-electron chi connectivity index (χ0n) is 9.96. The average Bonchev–Trinajstić information content (AvgIpc) is 2.32. The molecule has 2 rings (SSSR count). The van der Waals surface area contributed by atoms with E-state index < -0.39 is 0 Å². The molecule has 0 bridgehead atoms. The highest BCUT2D eigenvalue weighted by molar-refractivity contribution is 9.09. The van der Waals surface area contributed by atoms with Crippen molar-refractivity contribution in [3.8, 4) is 0 Å². The summed E-state index contributed by atoms with van der Waals surface area (Å²) in [6.45, 7) is 2.05. The maximum absolute atomic E-state index is 13.8. The maximum atomic E-state index is 13.8. The van der Waals surface area contributed by atoms with Crippen molar-refractivity contribution >= 4 is 27.5 Å². The summed E-state index contributed by atoms with van der Waals surface area (Å²) in [6, 6.07) is 13.0. The van der Waals surface area contributed by atoms with Crippen LogP contribution in [-0.2, 0) is 6.42 Å². The third-order valence-corrected chi connectivity index (χ3v) is 3.89. The zero-order valence-corrected chi connectivity index (χ0v) is 12.3. The largest absolute Gasteiger partial charge is 0.207 e. The predicted octanol–water partition coefficient (Wildman–Crippen LogP) is 5.47. The molecule has 0 spiro atoms. The van der Waals surface area contributed by atoms with Crippen molar-refractivity contribution in [2.24, 2.45) is 0 Å². The van der Waals surface area contributed by atoms with Gasteiger partial charge in [-0.3, -0.25) is 0 Å². The van der Waals surface area contributed by atoms with Gasteiger partial charge in [-0.15, -0.1) is 0 Å². The van der Waals surface area contributed by atoms with Gasteiger partial charge in [-0.05, 0) is 31.0 Å². The topological polar surface area (TPSA) is 0 Å². The second kappa shape index (κ2) is 5.85. The van der Waals surface area contributed by atoms with Crippen LogP contribution in [0.1, 0.15) is 21.5 Å². The first kappa shape index (κ1) is 13.6. The summed E-state index contributed by atoms with van der Waals surface area (Å²) in [4.78, 5) is -0.0440. The van der Waals surface area contributed by atoms with Crippen molar-refractivity contribution < 1.29 is 4.39 Å². The van der Waals surface area contributed by atoms with Crippen LogP contribution in [0.5, 0.6) is 0 Å². The third kappa shape index (κ3) is 3.33. The van der Waals surface area contributed by atoms with Crippen LogP contribution in [-0.4, -0.2) is 0 Å². The summed E-state index contributed by atoms with van der Waals surface area (Å²) >= 11 is 9.28. The van der Waals surface area contributed by atoms with Crippen LogP contribution >= 0.6 is 27.5 Å². The molecule has 18 heavy (non-hydrogen) atoms. The summed E-state index contributed by atoms with van der Waals surface area (Å²) in [6.07, 6.45) is 0.749. The maximum Gasteiger partial charge on any atom is 0.129 e. The molecule has 0 aliphatic heterocycles. The van der Waals surface area contributed by atoms with E-state index in [2.05, 4.69) is 40.2 Å². The molecule has 3 heteroatoms. The van der Waals surface area contributed by atoms with Crippen LogP contribution in [0, 0.1) is 12.7 Å². The Kier molecular flexibility index (Phi) is 4.41. The Bertz CT molecular complexity index is 537. The van der Waals surface area contributed by atoms with Gasteiger partial charge in [0, 0.05) is 15.4 Å². The van der Waals surface area contributed by atoms with Gasteiger partial charge >= 0.3 is 0 Å². The van der Waals surface area contributed by atoms with Crippen LogP contribution in [0.2, 0.25) is 5.02 Å². The number of benzene rings is 2. The van der Waals surface area contributed by atoms with E-state index in [0.717, 1.165) is 6.42 Å². The first-order chi connectivity index (χ1) is 8.56. The van der Waals surface area contributed by atoms with E-state index >= 15 is 0 Å². The molecule has 0 N–H and O–H groups in total. The molecule has 0 amide bonds. The molecule has 0 aromatic heterocycles. The lowest BCUT2D eigenvalue weighted by atomic mass is 10.0. The molecule has 1 unspecified atom stereocenters. The van der Waals surface area contributed by atoms with Crippen molar-refractivity contribution in [1.82, 2.24) is 0 Å². The van der Waals surface area contributed by atoms with Crippen LogP contribution < -0.4 is 0 Å². The van der Waals surface area contributed by atoms with Crippen molar-refractivity contribution in [2.75, 3.05) is 0 Å². The van der Waals surface area contributed by atoms with Crippen molar-refractivity contribution in [1.29, 1.82) is 0 Å². The molecular formula is C15H13BrClF. The van der Waals surface area contributed by atoms with Gasteiger partial charge in [0.05, 0.1) is 0 Å². The van der Waals surface area contributed by atoms with Gasteiger partial charge in [0.1, 0.15) is 5.82 Å². The molecular weight excluding hydrogens is 315 g/mol. The molecule has 0 saturated heterocycles. The Morgan fingerprint density at radius 3 is 2.44 bits per heavy atom. The van der Waals surface area contributed by atoms with Crippen molar-refractivity contribution in [3.63, 3.8) is 0 Å². The van der Waals surface area contributed by atoms with E-state index in [1.807, 2.05) is 6.92 Å². The Hall–Kier alpha value is -0.860. The quantitative estimate of drug-likeness (QED) is 0.656. The fourth-order valence-corrected chi connectivity index (χ4v) is 2.70. The third-order valence-electron chi connectivity index (χ3n) is 2.84. The van der Waals surface area contributed by atoms with E-state index in [0.29, 0.717) is 10.6 Å². The van der Waals surface area contributed by atoms with Crippen LogP contribution in [0.25, 0.3) is 0 Å². The number of hydrogen-bond donors (Lipinski definition) is 0. The highest BCUT2D eigenvalue weighted by Gasteiger charge is 2.13. The van der Waals surface area contributed by atoms with E-state index in [9.17, 15) is 4.39 Å². The molecule has 0 fully saturated rings. The second-order valence-corrected chi connectivity index (χ2v) is 5.86. The highest BCUT2D eigenvalue weighted by atomic mass is 79.9. The van der Waals surface area contributed by atoms with Gasteiger partial charge in [0.15, 0.2) is 0 Å². The number of aryl methyl sites for hydroxylation is 1. The van der Waals surface area contributed by atoms with Crippen molar-refractivity contribution in [2.45, 2.75) is 18.2 Å². The van der Waals surface area contributed by atoms with Crippen LogP contribution in [0.4, 0.5) is 4.39 Å². The molecule has 2 aromatic rings. The van der Waals surface area contributed by atoms with Gasteiger partial charge in [-0.25, -0.2) is 4.39 Å². The smallest absolute Gasteiger partial charge is 0.129 e. The molecule has 0 heterocycles. The average molecular weight is 328 g/mol. The lowest BCUT2D eigenvalue weighted by molar-refractivity contribution is 0.608. The minimum Gasteiger partial charge on any atom is -0.207 e. The Morgan fingerprint density at radius 2 is 1.83 bits per heavy atom. The van der Waals surface area contributed by atoms with Gasteiger partial charge in [0.2, 0.25) is 0 Å². The normalized spacial score (nSPS) is 12.4. The molecule has 0 radical (unpaired) electrons. The van der Waals surface area contributed by atoms with Gasteiger partial charge < -0.3 is 0 Å². The molecule has 1 atom stereocenters. The first-order valence-corrected chi connectivity index (χ1v) is 7.00. The second-order valence-electron chi connectivity index (χ2n) is 4.32. The highest BCUT2D eigenvalue weighted by Crippen LogP contribution is 2.30. The van der Waals surface area contributed by atoms with Crippen molar-refractivity contribution in [3.05, 3.63) is 70.0 Å². The molecule has 0 aliphatic carbocycles. The summed E-state index contributed by atoms with van der Waals surface area (Å²) in [5.74, 6) is -0.267. The molecule has 2 aromatic carbocycles. The Labute approximate surface area is 120 Å². The van der Waals surface area contributed by atoms with Crippen LogP contribution in [0.3, 0.4) is 0 Å². The molecule has 0 aliphatic rings. The number of halogens is 3. The van der Waals surface area contributed by atoms with Gasteiger partial charge in [0.25, 0.3) is 0 Å². The predicted molar refractivity (Wildman–Crippen MR) is 78.0 cm³/mol. The molecule has 0 nitrogen and oxygen atoms in total. The van der Waals surface area contributed by atoms with Crippen LogP contribution in [0.15, 0.2) is 42.5 Å². The molecule has 94 valence electrons. The van der Waals surface area contributed by atoms with E-state index in [-0.39, 0.29) is 10.6 Å². The molecule has 0 saturated carbocycles. The Balaban J connectivity index is 2.16.